The van der Waals surface area contributed by atoms with Crippen LogP contribution in [0.5, 0.6) is 0 Å². The van der Waals surface area contributed by atoms with Crippen molar-refractivity contribution in [1.29, 1.82) is 0 Å². The summed E-state index contributed by atoms with van der Waals surface area (Å²) >= 11 is 3.90. The summed E-state index contributed by atoms with van der Waals surface area (Å²) in [6, 6.07) is 17.9. The summed E-state index contributed by atoms with van der Waals surface area (Å²) < 4.78 is 0. The van der Waals surface area contributed by atoms with E-state index in [1.165, 1.54) is 5.56 Å². The first kappa shape index (κ1) is 11.9. The van der Waals surface area contributed by atoms with Gasteiger partial charge < -0.3 is 0 Å². The number of hydrogen-bond acceptors (Lipinski definition) is 1. The molecule has 0 aliphatic rings. The molecule has 2 heteroatoms. The zero-order chi connectivity index (χ0) is 12.1. The van der Waals surface area contributed by atoms with Crippen LogP contribution in [0.15, 0.2) is 54.6 Å². The highest BCUT2D eigenvalue weighted by Crippen LogP contribution is 2.14. The first-order valence-electron chi connectivity index (χ1n) is 5.62. The van der Waals surface area contributed by atoms with Crippen molar-refractivity contribution in [2.45, 2.75) is 12.8 Å². The fraction of sp³-hybridized carbons (Fsp3) is 0.133. The molecular formula is C15H14OS. The van der Waals surface area contributed by atoms with Crippen LogP contribution in [0.1, 0.15) is 21.5 Å². The molecule has 2 rings (SSSR count). The molecule has 1 nitrogen and oxygen atoms in total. The van der Waals surface area contributed by atoms with Crippen molar-refractivity contribution in [3.05, 3.63) is 71.3 Å². The molecule has 0 saturated heterocycles. The molecule has 0 bridgehead atoms. The van der Waals surface area contributed by atoms with E-state index >= 15 is 0 Å². The van der Waals surface area contributed by atoms with Gasteiger partial charge in [0.25, 0.3) is 0 Å². The largest absolute Gasteiger partial charge is 0.282 e. The molecule has 0 unspecified atom stereocenters. The summed E-state index contributed by atoms with van der Waals surface area (Å²) in [6.07, 6.45) is 1.81. The van der Waals surface area contributed by atoms with Gasteiger partial charge in [0.05, 0.1) is 0 Å². The maximum Gasteiger partial charge on any atom is 0.216 e. The summed E-state index contributed by atoms with van der Waals surface area (Å²) in [5.41, 5.74) is 3.07. The maximum atomic E-state index is 11.3. The monoisotopic (exact) mass is 242 g/mol. The average molecular weight is 242 g/mol. The van der Waals surface area contributed by atoms with Crippen LogP contribution in [0.4, 0.5) is 0 Å². The number of benzene rings is 2. The van der Waals surface area contributed by atoms with E-state index in [-0.39, 0.29) is 5.12 Å². The third-order valence-electron chi connectivity index (χ3n) is 2.77. The quantitative estimate of drug-likeness (QED) is 0.811. The van der Waals surface area contributed by atoms with Gasteiger partial charge in [-0.3, -0.25) is 4.79 Å². The number of aryl methyl sites for hydroxylation is 2. The molecule has 0 amide bonds. The Hall–Kier alpha value is -1.54. The number of thiol groups is 1. The predicted molar refractivity (Wildman–Crippen MR) is 73.6 cm³/mol. The summed E-state index contributed by atoms with van der Waals surface area (Å²) in [5, 5.41) is -0.159. The summed E-state index contributed by atoms with van der Waals surface area (Å²) in [6.45, 7) is 0. The van der Waals surface area contributed by atoms with Gasteiger partial charge >= 0.3 is 0 Å². The molecule has 0 radical (unpaired) electrons. The molecule has 0 aliphatic heterocycles. The Bertz CT molecular complexity index is 505. The number of rotatable bonds is 4. The second kappa shape index (κ2) is 5.69. The van der Waals surface area contributed by atoms with Crippen molar-refractivity contribution >= 4 is 17.7 Å². The lowest BCUT2D eigenvalue weighted by Crippen LogP contribution is -1.99. The lowest BCUT2D eigenvalue weighted by atomic mass is 10.0. The standard InChI is InChI=1S/C15H14OS/c16-15(17)14-9-5-4-8-13(14)11-10-12-6-2-1-3-7-12/h1-9H,10-11H2,(H,16,17). The van der Waals surface area contributed by atoms with Crippen molar-refractivity contribution in [3.63, 3.8) is 0 Å². The average Bonchev–Trinajstić information content (AvgIpc) is 2.38. The summed E-state index contributed by atoms with van der Waals surface area (Å²) in [4.78, 5) is 11.3. The highest BCUT2D eigenvalue weighted by atomic mass is 32.1. The molecule has 0 aliphatic carbocycles. The summed E-state index contributed by atoms with van der Waals surface area (Å²) in [5.74, 6) is 0. The molecule has 0 atom stereocenters. The Morgan fingerprint density at radius 3 is 2.24 bits per heavy atom. The molecule has 0 heterocycles. The van der Waals surface area contributed by atoms with Gasteiger partial charge in [0.1, 0.15) is 0 Å². The van der Waals surface area contributed by atoms with E-state index in [0.29, 0.717) is 5.56 Å². The third kappa shape index (κ3) is 3.21. The molecule has 86 valence electrons. The highest BCUT2D eigenvalue weighted by Gasteiger charge is 2.06. The molecule has 0 aromatic heterocycles. The first-order valence-corrected chi connectivity index (χ1v) is 6.07. The molecule has 0 fully saturated rings. The molecule has 0 N–H and O–H groups in total. The number of carbonyl (C=O) groups excluding carboxylic acids is 1. The normalized spacial score (nSPS) is 10.2. The molecule has 2 aromatic carbocycles. The van der Waals surface area contributed by atoms with E-state index in [9.17, 15) is 4.79 Å². The third-order valence-corrected chi connectivity index (χ3v) is 3.01. The topological polar surface area (TPSA) is 17.1 Å². The molecular weight excluding hydrogens is 228 g/mol. The Morgan fingerprint density at radius 2 is 1.53 bits per heavy atom. The van der Waals surface area contributed by atoms with Crippen LogP contribution in [0.2, 0.25) is 0 Å². The van der Waals surface area contributed by atoms with Gasteiger partial charge in [-0.1, -0.05) is 54.6 Å². The van der Waals surface area contributed by atoms with Crippen molar-refractivity contribution in [2.75, 3.05) is 0 Å². The smallest absolute Gasteiger partial charge is 0.216 e. The lowest BCUT2D eigenvalue weighted by Gasteiger charge is -2.06. The fourth-order valence-corrected chi connectivity index (χ4v) is 2.09. The van der Waals surface area contributed by atoms with E-state index in [1.54, 1.807) is 0 Å². The van der Waals surface area contributed by atoms with Crippen LogP contribution in [-0.4, -0.2) is 5.12 Å². The van der Waals surface area contributed by atoms with E-state index in [0.717, 1.165) is 18.4 Å². The zero-order valence-corrected chi connectivity index (χ0v) is 10.4. The van der Waals surface area contributed by atoms with Gasteiger partial charge in [0, 0.05) is 5.56 Å². The summed E-state index contributed by atoms with van der Waals surface area (Å²) in [7, 11) is 0. The second-order valence-corrected chi connectivity index (χ2v) is 4.35. The van der Waals surface area contributed by atoms with Gasteiger partial charge in [-0.15, -0.1) is 12.6 Å². The Labute approximate surface area is 107 Å². The lowest BCUT2D eigenvalue weighted by molar-refractivity contribution is 0.109. The van der Waals surface area contributed by atoms with E-state index in [2.05, 4.69) is 24.8 Å². The predicted octanol–water partition coefficient (Wildman–Crippen LogP) is 3.54. The number of carbonyl (C=O) groups is 1. The maximum absolute atomic E-state index is 11.3. The highest BCUT2D eigenvalue weighted by molar-refractivity contribution is 7.97. The van der Waals surface area contributed by atoms with Crippen LogP contribution in [0, 0.1) is 0 Å². The molecule has 0 spiro atoms. The van der Waals surface area contributed by atoms with Gasteiger partial charge in [-0.05, 0) is 24.0 Å². The van der Waals surface area contributed by atoms with Crippen LogP contribution in [0.3, 0.4) is 0 Å². The molecule has 0 saturated carbocycles. The minimum Gasteiger partial charge on any atom is -0.282 e. The van der Waals surface area contributed by atoms with Gasteiger partial charge in [0.15, 0.2) is 0 Å². The van der Waals surface area contributed by atoms with E-state index in [4.69, 9.17) is 0 Å². The van der Waals surface area contributed by atoms with E-state index < -0.39 is 0 Å². The zero-order valence-electron chi connectivity index (χ0n) is 9.47. The first-order chi connectivity index (χ1) is 8.27. The Balaban J connectivity index is 2.12. The van der Waals surface area contributed by atoms with Crippen molar-refractivity contribution in [1.82, 2.24) is 0 Å². The van der Waals surface area contributed by atoms with Crippen LogP contribution in [-0.2, 0) is 12.8 Å². The number of hydrogen-bond donors (Lipinski definition) is 1. The Kier molecular flexibility index (Phi) is 3.99. The van der Waals surface area contributed by atoms with Gasteiger partial charge in [0.2, 0.25) is 5.12 Å². The van der Waals surface area contributed by atoms with Crippen LogP contribution < -0.4 is 0 Å². The van der Waals surface area contributed by atoms with Crippen molar-refractivity contribution < 1.29 is 4.79 Å². The van der Waals surface area contributed by atoms with Crippen LogP contribution in [0.25, 0.3) is 0 Å². The minimum atomic E-state index is -0.159. The van der Waals surface area contributed by atoms with Crippen LogP contribution >= 0.6 is 12.6 Å². The second-order valence-electron chi connectivity index (χ2n) is 3.95. The Morgan fingerprint density at radius 1 is 0.882 bits per heavy atom. The van der Waals surface area contributed by atoms with Gasteiger partial charge in [-0.2, -0.15) is 0 Å². The van der Waals surface area contributed by atoms with Gasteiger partial charge in [-0.25, -0.2) is 0 Å². The van der Waals surface area contributed by atoms with Crippen molar-refractivity contribution in [3.8, 4) is 0 Å². The SMILES string of the molecule is O=C(S)c1ccccc1CCc1ccccc1. The van der Waals surface area contributed by atoms with E-state index in [1.807, 2.05) is 42.5 Å². The molecule has 17 heavy (non-hydrogen) atoms. The van der Waals surface area contributed by atoms with Crippen molar-refractivity contribution in [2.24, 2.45) is 0 Å². The minimum absolute atomic E-state index is 0.159. The molecule has 2 aromatic rings. The fourth-order valence-electron chi connectivity index (χ4n) is 1.87.